The number of hydrogen-bond donors (Lipinski definition) is 0. The minimum atomic E-state index is -0.598. The molecule has 0 aliphatic rings. The van der Waals surface area contributed by atoms with Gasteiger partial charge in [0.05, 0.1) is 5.41 Å². The van der Waals surface area contributed by atoms with E-state index in [-0.39, 0.29) is 5.97 Å². The van der Waals surface area contributed by atoms with Crippen LogP contribution in [-0.2, 0) is 18.0 Å². The lowest BCUT2D eigenvalue weighted by Gasteiger charge is -2.16. The first-order valence-corrected chi connectivity index (χ1v) is 12.6. The molecule has 38 heavy (non-hydrogen) atoms. The second kappa shape index (κ2) is 10.9. The Balaban J connectivity index is 1.43. The first kappa shape index (κ1) is 25.2. The average molecular weight is 507 g/mol. The van der Waals surface area contributed by atoms with Crippen LogP contribution in [0.3, 0.4) is 0 Å². The molecule has 0 aliphatic carbocycles. The van der Waals surface area contributed by atoms with Crippen molar-refractivity contribution < 1.29 is 23.4 Å². The first-order valence-electron chi connectivity index (χ1n) is 12.6. The molecule has 4 aromatic carbocycles. The third kappa shape index (κ3) is 6.24. The number of ether oxygens (including phenoxy) is 3. The predicted octanol–water partition coefficient (Wildman–Crippen LogP) is 8.21. The molecule has 5 nitrogen and oxygen atoms in total. The van der Waals surface area contributed by atoms with Gasteiger partial charge in [0.25, 0.3) is 0 Å². The topological polar surface area (TPSA) is 57.9 Å². The predicted molar refractivity (Wildman–Crippen MR) is 148 cm³/mol. The molecule has 0 bridgehead atoms. The Kier molecular flexibility index (Phi) is 7.18. The second-order valence-electron chi connectivity index (χ2n) is 10.2. The van der Waals surface area contributed by atoms with Gasteiger partial charge in [-0.15, -0.1) is 0 Å². The molecular formula is C33H30O5. The zero-order valence-electron chi connectivity index (χ0n) is 21.8. The summed E-state index contributed by atoms with van der Waals surface area (Å²) < 4.78 is 24.0. The van der Waals surface area contributed by atoms with Gasteiger partial charge >= 0.3 is 5.97 Å². The average Bonchev–Trinajstić information content (AvgIpc) is 3.35. The van der Waals surface area contributed by atoms with Gasteiger partial charge in [-0.3, -0.25) is 4.79 Å². The van der Waals surface area contributed by atoms with E-state index in [1.54, 1.807) is 12.1 Å². The molecule has 5 aromatic rings. The third-order valence-electron chi connectivity index (χ3n) is 5.98. The molecule has 0 atom stereocenters. The maximum atomic E-state index is 12.3. The fourth-order valence-corrected chi connectivity index (χ4v) is 3.84. The Morgan fingerprint density at radius 3 is 1.82 bits per heavy atom. The van der Waals surface area contributed by atoms with Crippen LogP contribution in [0.15, 0.2) is 108 Å². The van der Waals surface area contributed by atoms with Crippen LogP contribution in [0.25, 0.3) is 22.3 Å². The minimum Gasteiger partial charge on any atom is -0.489 e. The van der Waals surface area contributed by atoms with Crippen LogP contribution < -0.4 is 14.2 Å². The quantitative estimate of drug-likeness (QED) is 0.157. The summed E-state index contributed by atoms with van der Waals surface area (Å²) in [5, 5.41) is 0.901. The van der Waals surface area contributed by atoms with Gasteiger partial charge in [0.1, 0.15) is 41.8 Å². The molecule has 0 saturated carbocycles. The monoisotopic (exact) mass is 506 g/mol. The van der Waals surface area contributed by atoms with Crippen LogP contribution in [0.2, 0.25) is 0 Å². The van der Waals surface area contributed by atoms with Gasteiger partial charge in [-0.25, -0.2) is 0 Å². The highest BCUT2D eigenvalue weighted by atomic mass is 16.5. The number of esters is 1. The maximum Gasteiger partial charge on any atom is 0.316 e. The van der Waals surface area contributed by atoms with E-state index < -0.39 is 5.41 Å². The van der Waals surface area contributed by atoms with Crippen LogP contribution in [0.4, 0.5) is 0 Å². The number of furan rings is 1. The summed E-state index contributed by atoms with van der Waals surface area (Å²) in [4.78, 5) is 12.3. The van der Waals surface area contributed by atoms with E-state index in [1.165, 1.54) is 0 Å². The molecular weight excluding hydrogens is 476 g/mol. The van der Waals surface area contributed by atoms with Crippen molar-refractivity contribution in [3.8, 4) is 28.6 Å². The molecule has 1 heterocycles. The van der Waals surface area contributed by atoms with Crippen molar-refractivity contribution in [2.45, 2.75) is 34.0 Å². The number of carbonyl (C=O) groups is 1. The van der Waals surface area contributed by atoms with Crippen LogP contribution in [-0.4, -0.2) is 5.97 Å². The Bertz CT molecular complexity index is 1470. The van der Waals surface area contributed by atoms with Crippen molar-refractivity contribution >= 4 is 16.9 Å². The van der Waals surface area contributed by atoms with Crippen LogP contribution >= 0.6 is 0 Å². The normalized spacial score (nSPS) is 11.3. The highest BCUT2D eigenvalue weighted by Crippen LogP contribution is 2.35. The van der Waals surface area contributed by atoms with Crippen molar-refractivity contribution in [2.24, 2.45) is 5.41 Å². The number of hydrogen-bond acceptors (Lipinski definition) is 5. The highest BCUT2D eigenvalue weighted by molar-refractivity contribution is 5.85. The van der Waals surface area contributed by atoms with Crippen molar-refractivity contribution in [1.82, 2.24) is 0 Å². The summed E-state index contributed by atoms with van der Waals surface area (Å²) in [6.07, 6.45) is 0. The molecule has 1 aromatic heterocycles. The van der Waals surface area contributed by atoms with E-state index in [0.717, 1.165) is 22.1 Å². The smallest absolute Gasteiger partial charge is 0.316 e. The summed E-state index contributed by atoms with van der Waals surface area (Å²) in [6, 6.07) is 33.2. The van der Waals surface area contributed by atoms with Crippen molar-refractivity contribution in [1.29, 1.82) is 0 Å². The summed E-state index contributed by atoms with van der Waals surface area (Å²) in [5.41, 5.74) is 3.00. The van der Waals surface area contributed by atoms with Gasteiger partial charge < -0.3 is 18.6 Å². The van der Waals surface area contributed by atoms with E-state index >= 15 is 0 Å². The molecule has 0 fully saturated rings. The van der Waals surface area contributed by atoms with Crippen molar-refractivity contribution in [3.05, 3.63) is 114 Å². The van der Waals surface area contributed by atoms with Crippen LogP contribution in [0, 0.1) is 5.41 Å². The molecule has 0 spiro atoms. The number of carbonyl (C=O) groups excluding carboxylic acids is 1. The van der Waals surface area contributed by atoms with Crippen LogP contribution in [0.1, 0.15) is 31.9 Å². The molecule has 0 aliphatic heterocycles. The largest absolute Gasteiger partial charge is 0.489 e. The molecule has 0 unspecified atom stereocenters. The van der Waals surface area contributed by atoms with Gasteiger partial charge in [-0.2, -0.15) is 0 Å². The number of rotatable bonds is 8. The van der Waals surface area contributed by atoms with Gasteiger partial charge in [-0.1, -0.05) is 60.7 Å². The molecule has 0 radical (unpaired) electrons. The van der Waals surface area contributed by atoms with E-state index in [1.807, 2.05) is 112 Å². The van der Waals surface area contributed by atoms with E-state index in [0.29, 0.717) is 41.8 Å². The van der Waals surface area contributed by atoms with E-state index in [9.17, 15) is 4.79 Å². The lowest BCUT2D eigenvalue weighted by molar-refractivity contribution is -0.142. The Hall–Kier alpha value is -4.51. The fourth-order valence-electron chi connectivity index (χ4n) is 3.84. The SMILES string of the molecule is CC(C)(C)C(=O)Oc1ccc2cc(-c3cc(OCc4ccccc4)cc(OCc4ccccc4)c3)oc2c1. The zero-order valence-corrected chi connectivity index (χ0v) is 21.8. The van der Waals surface area contributed by atoms with Crippen molar-refractivity contribution in [2.75, 3.05) is 0 Å². The highest BCUT2D eigenvalue weighted by Gasteiger charge is 2.24. The molecule has 0 N–H and O–H groups in total. The van der Waals surface area contributed by atoms with Gasteiger partial charge in [0, 0.05) is 23.1 Å². The zero-order chi connectivity index (χ0) is 26.5. The minimum absolute atomic E-state index is 0.299. The van der Waals surface area contributed by atoms with E-state index in [2.05, 4.69) is 0 Å². The lowest BCUT2D eigenvalue weighted by Crippen LogP contribution is -2.25. The molecule has 5 heteroatoms. The van der Waals surface area contributed by atoms with Gasteiger partial charge in [-0.05, 0) is 62.2 Å². The third-order valence-corrected chi connectivity index (χ3v) is 5.98. The lowest BCUT2D eigenvalue weighted by atomic mass is 9.97. The second-order valence-corrected chi connectivity index (χ2v) is 10.2. The fraction of sp³-hybridized carbons (Fsp3) is 0.182. The summed E-state index contributed by atoms with van der Waals surface area (Å²) in [7, 11) is 0. The standard InChI is InChI=1S/C33H30O5/c1-33(2,3)32(34)37-27-15-14-25-18-30(38-31(25)20-27)26-16-28(35-21-23-10-6-4-7-11-23)19-29(17-26)36-22-24-12-8-5-9-13-24/h4-20H,21-22H2,1-3H3. The Morgan fingerprint density at radius 2 is 1.26 bits per heavy atom. The maximum absolute atomic E-state index is 12.3. The first-order chi connectivity index (χ1) is 18.3. The molecule has 0 amide bonds. The summed E-state index contributed by atoms with van der Waals surface area (Å²) >= 11 is 0. The molecule has 0 saturated heterocycles. The summed E-state index contributed by atoms with van der Waals surface area (Å²) in [6.45, 7) is 6.34. The summed E-state index contributed by atoms with van der Waals surface area (Å²) in [5.74, 6) is 2.16. The Morgan fingerprint density at radius 1 is 0.684 bits per heavy atom. The molecule has 5 rings (SSSR count). The number of benzene rings is 4. The molecule has 192 valence electrons. The number of fused-ring (bicyclic) bond motifs is 1. The van der Waals surface area contributed by atoms with Crippen molar-refractivity contribution in [3.63, 3.8) is 0 Å². The van der Waals surface area contributed by atoms with E-state index in [4.69, 9.17) is 18.6 Å². The van der Waals surface area contributed by atoms with Gasteiger partial charge in [0.2, 0.25) is 0 Å². The van der Waals surface area contributed by atoms with Crippen LogP contribution in [0.5, 0.6) is 17.2 Å². The van der Waals surface area contributed by atoms with Gasteiger partial charge in [0.15, 0.2) is 0 Å². The Labute approximate surface area is 222 Å².